The number of nitrogens with one attached hydrogen (secondary N) is 1. The van der Waals surface area contributed by atoms with Crippen LogP contribution in [0.4, 0.5) is 22.0 Å². The van der Waals surface area contributed by atoms with Crippen LogP contribution in [0.3, 0.4) is 0 Å². The summed E-state index contributed by atoms with van der Waals surface area (Å²) in [6.07, 6.45) is -4.11. The van der Waals surface area contributed by atoms with E-state index in [2.05, 4.69) is 4.72 Å². The van der Waals surface area contributed by atoms with Crippen LogP contribution in [0.25, 0.3) is 0 Å². The van der Waals surface area contributed by atoms with E-state index in [0.29, 0.717) is 12.5 Å². The number of benzene rings is 2. The van der Waals surface area contributed by atoms with Crippen molar-refractivity contribution < 1.29 is 45.0 Å². The molecule has 1 aliphatic carbocycles. The van der Waals surface area contributed by atoms with Crippen molar-refractivity contribution in [2.75, 3.05) is 6.61 Å². The Bertz CT molecular complexity index is 1170. The highest BCUT2D eigenvalue weighted by Crippen LogP contribution is 2.39. The fourth-order valence-electron chi connectivity index (χ4n) is 3.60. The summed E-state index contributed by atoms with van der Waals surface area (Å²) < 4.78 is 101. The van der Waals surface area contributed by atoms with Crippen molar-refractivity contribution in [3.63, 3.8) is 0 Å². The lowest BCUT2D eigenvalue weighted by atomic mass is 9.87. The number of halogens is 5. The molecule has 3 rings (SSSR count). The van der Waals surface area contributed by atoms with E-state index in [1.165, 1.54) is 7.85 Å². The van der Waals surface area contributed by atoms with Gasteiger partial charge in [-0.15, -0.1) is 0 Å². The molecule has 0 spiro atoms. The number of alkyl halides is 3. The van der Waals surface area contributed by atoms with Crippen molar-refractivity contribution in [1.29, 1.82) is 0 Å². The van der Waals surface area contributed by atoms with Crippen LogP contribution in [0.15, 0.2) is 29.2 Å². The van der Waals surface area contributed by atoms with Gasteiger partial charge in [0.25, 0.3) is 0 Å². The number of sulfonamides is 1. The summed E-state index contributed by atoms with van der Waals surface area (Å²) in [5, 5.41) is 8.76. The smallest absolute Gasteiger partial charge is 0.416 e. The molecular formula is C19H17BF5NO5S. The summed E-state index contributed by atoms with van der Waals surface area (Å²) in [6, 6.07) is 2.06. The summed E-state index contributed by atoms with van der Waals surface area (Å²) >= 11 is 0. The molecule has 6 nitrogen and oxygen atoms in total. The first-order chi connectivity index (χ1) is 14.8. The van der Waals surface area contributed by atoms with E-state index in [1.54, 1.807) is 0 Å². The third-order valence-electron chi connectivity index (χ3n) is 4.93. The molecule has 0 aromatic heterocycles. The molecule has 0 fully saturated rings. The van der Waals surface area contributed by atoms with Gasteiger partial charge in [-0.05, 0) is 43.0 Å². The average Bonchev–Trinajstić information content (AvgIpc) is 2.67. The minimum absolute atomic E-state index is 0.0304. The predicted molar refractivity (Wildman–Crippen MR) is 105 cm³/mol. The first-order valence-corrected chi connectivity index (χ1v) is 10.8. The van der Waals surface area contributed by atoms with Gasteiger partial charge in [-0.3, -0.25) is 0 Å². The van der Waals surface area contributed by atoms with Gasteiger partial charge in [0.05, 0.1) is 10.5 Å². The highest BCUT2D eigenvalue weighted by molar-refractivity contribution is 7.89. The molecule has 0 amide bonds. The van der Waals surface area contributed by atoms with Gasteiger partial charge in [-0.25, -0.2) is 22.3 Å². The van der Waals surface area contributed by atoms with E-state index >= 15 is 0 Å². The number of fused-ring (bicyclic) bond motifs is 1. The Kier molecular flexibility index (Phi) is 6.52. The van der Waals surface area contributed by atoms with E-state index in [-0.39, 0.29) is 29.4 Å². The molecule has 1 unspecified atom stereocenters. The highest BCUT2D eigenvalue weighted by atomic mass is 32.2. The standard InChI is InChI=1S/C19H17BF5NO5S/c20-10-4-9(19(23,24)25)5-11(6-10)32(29,30)26-15-3-1-2-12-13(15)7-14(21)17(22)18(12)31-8-16(27)28/h4-7,15,26H,1-3,8,20H2,(H,27,28). The van der Waals surface area contributed by atoms with Gasteiger partial charge >= 0.3 is 12.1 Å². The van der Waals surface area contributed by atoms with Gasteiger partial charge in [0.2, 0.25) is 15.8 Å². The van der Waals surface area contributed by atoms with E-state index in [1.807, 2.05) is 0 Å². The van der Waals surface area contributed by atoms with Crippen LogP contribution in [-0.4, -0.2) is 33.9 Å². The SMILES string of the molecule is Bc1cc(C(F)(F)F)cc(S(=O)(=O)NC2CCCc3c2cc(F)c(F)c3OCC(=O)O)c1. The zero-order chi connectivity index (χ0) is 23.8. The van der Waals surface area contributed by atoms with Gasteiger partial charge in [-0.2, -0.15) is 17.6 Å². The molecule has 2 N–H and O–H groups in total. The third-order valence-corrected chi connectivity index (χ3v) is 6.39. The topological polar surface area (TPSA) is 92.7 Å². The summed E-state index contributed by atoms with van der Waals surface area (Å²) in [4.78, 5) is 10.1. The van der Waals surface area contributed by atoms with Crippen molar-refractivity contribution >= 4 is 29.3 Å². The summed E-state index contributed by atoms with van der Waals surface area (Å²) in [5.41, 5.74) is -0.937. The van der Waals surface area contributed by atoms with Gasteiger partial charge < -0.3 is 9.84 Å². The van der Waals surface area contributed by atoms with Crippen LogP contribution in [0.1, 0.15) is 35.6 Å². The van der Waals surface area contributed by atoms with Crippen molar-refractivity contribution in [3.8, 4) is 5.75 Å². The maximum Gasteiger partial charge on any atom is 0.416 e. The zero-order valence-corrected chi connectivity index (χ0v) is 17.4. The summed E-state index contributed by atoms with van der Waals surface area (Å²) in [5.74, 6) is -4.82. The molecule has 1 atom stereocenters. The van der Waals surface area contributed by atoms with E-state index in [9.17, 15) is 35.2 Å². The maximum atomic E-state index is 14.2. The molecule has 2 aromatic carbocycles. The van der Waals surface area contributed by atoms with Crippen molar-refractivity contribution in [3.05, 3.63) is 52.6 Å². The van der Waals surface area contributed by atoms with Crippen molar-refractivity contribution in [1.82, 2.24) is 4.72 Å². The minimum Gasteiger partial charge on any atom is -0.479 e. The predicted octanol–water partition coefficient (Wildman–Crippen LogP) is 2.06. The Morgan fingerprint density at radius 2 is 1.91 bits per heavy atom. The quantitative estimate of drug-likeness (QED) is 0.491. The minimum atomic E-state index is -4.76. The Balaban J connectivity index is 2.00. The van der Waals surface area contributed by atoms with Crippen LogP contribution >= 0.6 is 0 Å². The molecule has 172 valence electrons. The second kappa shape index (κ2) is 8.70. The lowest BCUT2D eigenvalue weighted by molar-refractivity contribution is -0.139. The van der Waals surface area contributed by atoms with E-state index in [4.69, 9.17) is 9.84 Å². The highest BCUT2D eigenvalue weighted by Gasteiger charge is 2.34. The first-order valence-electron chi connectivity index (χ1n) is 9.36. The molecule has 0 bridgehead atoms. The molecule has 0 saturated carbocycles. The Labute approximate surface area is 180 Å². The maximum absolute atomic E-state index is 14.2. The van der Waals surface area contributed by atoms with Gasteiger partial charge in [0.1, 0.15) is 7.85 Å². The zero-order valence-electron chi connectivity index (χ0n) is 16.6. The molecule has 1 aliphatic rings. The van der Waals surface area contributed by atoms with Crippen LogP contribution in [0.2, 0.25) is 0 Å². The van der Waals surface area contributed by atoms with E-state index in [0.717, 1.165) is 18.2 Å². The lowest BCUT2D eigenvalue weighted by Gasteiger charge is -2.28. The fraction of sp³-hybridized carbons (Fsp3) is 0.316. The van der Waals surface area contributed by atoms with Crippen molar-refractivity contribution in [2.45, 2.75) is 36.4 Å². The number of aliphatic carboxylic acids is 1. The summed E-state index contributed by atoms with van der Waals surface area (Å²) in [6.45, 7) is -0.938. The third kappa shape index (κ3) is 5.04. The number of rotatable bonds is 6. The van der Waals surface area contributed by atoms with Gasteiger partial charge in [0, 0.05) is 11.6 Å². The second-order valence-electron chi connectivity index (χ2n) is 7.35. The number of carboxylic acids is 1. The van der Waals surface area contributed by atoms with Crippen LogP contribution in [0.5, 0.6) is 5.75 Å². The molecule has 0 heterocycles. The van der Waals surface area contributed by atoms with Crippen LogP contribution in [0, 0.1) is 11.6 Å². The monoisotopic (exact) mass is 477 g/mol. The largest absolute Gasteiger partial charge is 0.479 e. The fourth-order valence-corrected chi connectivity index (χ4v) is 4.97. The van der Waals surface area contributed by atoms with Crippen molar-refractivity contribution in [2.24, 2.45) is 0 Å². The molecular weight excluding hydrogens is 460 g/mol. The van der Waals surface area contributed by atoms with Crippen LogP contribution in [-0.2, 0) is 27.4 Å². The number of ether oxygens (including phenoxy) is 1. The molecule has 0 saturated heterocycles. The molecule has 32 heavy (non-hydrogen) atoms. The number of carboxylic acid groups (broad SMARTS) is 1. The Morgan fingerprint density at radius 3 is 2.53 bits per heavy atom. The first kappa shape index (κ1) is 24.0. The average molecular weight is 477 g/mol. The second-order valence-corrected chi connectivity index (χ2v) is 9.06. The normalized spacial score (nSPS) is 16.5. The van der Waals surface area contributed by atoms with Crippen LogP contribution < -0.4 is 14.9 Å². The molecule has 0 aliphatic heterocycles. The number of hydrogen-bond acceptors (Lipinski definition) is 4. The number of carbonyl (C=O) groups is 1. The van der Waals surface area contributed by atoms with Gasteiger partial charge in [-0.1, -0.05) is 11.5 Å². The Hall–Kier alpha value is -2.67. The molecule has 2 aromatic rings. The summed E-state index contributed by atoms with van der Waals surface area (Å²) in [7, 11) is -3.16. The molecule has 13 heteroatoms. The lowest BCUT2D eigenvalue weighted by Crippen LogP contribution is -2.32. The Morgan fingerprint density at radius 1 is 1.22 bits per heavy atom. The van der Waals surface area contributed by atoms with E-state index < -0.39 is 62.7 Å². The van der Waals surface area contributed by atoms with Gasteiger partial charge in [0.15, 0.2) is 18.2 Å². The number of hydrogen-bond donors (Lipinski definition) is 2. The molecule has 0 radical (unpaired) electrons.